The van der Waals surface area contributed by atoms with E-state index in [1.807, 2.05) is 29.2 Å². The molecule has 0 saturated carbocycles. The Bertz CT molecular complexity index is 711. The van der Waals surface area contributed by atoms with Gasteiger partial charge in [-0.15, -0.1) is 0 Å². The third kappa shape index (κ3) is 3.59. The lowest BCUT2D eigenvalue weighted by molar-refractivity contribution is 0.0786. The molecule has 1 saturated heterocycles. The smallest absolute Gasteiger partial charge is 0.272 e. The number of aromatic nitrogens is 2. The molecule has 1 aromatic heterocycles. The van der Waals surface area contributed by atoms with Crippen LogP contribution in [0.25, 0.3) is 0 Å². The predicted octanol–water partition coefficient (Wildman–Crippen LogP) is 2.77. The minimum atomic E-state index is -0.0262. The number of aryl methyl sites for hydroxylation is 1. The molecule has 0 bridgehead atoms. The lowest BCUT2D eigenvalue weighted by Crippen LogP contribution is -2.28. The molecular formula is C17H20N4O2. The normalized spacial score (nSPS) is 13.9. The maximum Gasteiger partial charge on any atom is 0.272 e. The van der Waals surface area contributed by atoms with Crippen molar-refractivity contribution in [3.63, 3.8) is 0 Å². The number of rotatable bonds is 4. The van der Waals surface area contributed by atoms with Gasteiger partial charge in [-0.1, -0.05) is 6.07 Å². The van der Waals surface area contributed by atoms with Crippen LogP contribution in [0.1, 0.15) is 29.2 Å². The molecule has 120 valence electrons. The molecule has 0 atom stereocenters. The van der Waals surface area contributed by atoms with E-state index in [9.17, 15) is 4.79 Å². The summed E-state index contributed by atoms with van der Waals surface area (Å²) in [7, 11) is 1.63. The number of nitrogens with zero attached hydrogens (tertiary/aromatic N) is 3. The van der Waals surface area contributed by atoms with Gasteiger partial charge in [0.05, 0.1) is 7.11 Å². The van der Waals surface area contributed by atoms with Gasteiger partial charge in [0.25, 0.3) is 5.91 Å². The summed E-state index contributed by atoms with van der Waals surface area (Å²) in [5.41, 5.74) is 1.28. The van der Waals surface area contributed by atoms with Crippen molar-refractivity contribution in [1.29, 1.82) is 0 Å². The summed E-state index contributed by atoms with van der Waals surface area (Å²) in [4.78, 5) is 23.0. The fourth-order valence-electron chi connectivity index (χ4n) is 2.67. The first kappa shape index (κ1) is 15.3. The standard InChI is InChI=1S/C17H20N4O2/c1-12-18-15(17(22)21-8-3-4-9-21)11-16(19-12)20-13-6-5-7-14(10-13)23-2/h5-7,10-11H,3-4,8-9H2,1-2H3,(H,18,19,20). The summed E-state index contributed by atoms with van der Waals surface area (Å²) in [6.45, 7) is 3.40. The Morgan fingerprint density at radius 1 is 1.22 bits per heavy atom. The van der Waals surface area contributed by atoms with Crippen molar-refractivity contribution in [3.8, 4) is 5.75 Å². The Labute approximate surface area is 135 Å². The molecule has 0 radical (unpaired) electrons. The molecule has 0 unspecified atom stereocenters. The first-order valence-corrected chi connectivity index (χ1v) is 7.72. The number of amides is 1. The van der Waals surface area contributed by atoms with E-state index in [1.165, 1.54) is 0 Å². The van der Waals surface area contributed by atoms with Crippen molar-refractivity contribution in [2.24, 2.45) is 0 Å². The van der Waals surface area contributed by atoms with E-state index in [1.54, 1.807) is 20.1 Å². The maximum atomic E-state index is 12.5. The van der Waals surface area contributed by atoms with E-state index in [2.05, 4.69) is 15.3 Å². The van der Waals surface area contributed by atoms with Gasteiger partial charge in [0.15, 0.2) is 0 Å². The number of hydrogen-bond acceptors (Lipinski definition) is 5. The van der Waals surface area contributed by atoms with Gasteiger partial charge >= 0.3 is 0 Å². The average Bonchev–Trinajstić information content (AvgIpc) is 3.08. The van der Waals surface area contributed by atoms with Crippen LogP contribution in [0.15, 0.2) is 30.3 Å². The highest BCUT2D eigenvalue weighted by molar-refractivity contribution is 5.93. The molecule has 1 amide bonds. The number of methoxy groups -OCH3 is 1. The van der Waals surface area contributed by atoms with E-state index in [-0.39, 0.29) is 5.91 Å². The van der Waals surface area contributed by atoms with Crippen molar-refractivity contribution in [2.75, 3.05) is 25.5 Å². The molecule has 1 aliphatic heterocycles. The van der Waals surface area contributed by atoms with Crippen LogP contribution < -0.4 is 10.1 Å². The van der Waals surface area contributed by atoms with Crippen molar-refractivity contribution >= 4 is 17.4 Å². The molecule has 23 heavy (non-hydrogen) atoms. The Morgan fingerprint density at radius 2 is 2.00 bits per heavy atom. The fourth-order valence-corrected chi connectivity index (χ4v) is 2.67. The number of nitrogens with one attached hydrogen (secondary N) is 1. The predicted molar refractivity (Wildman–Crippen MR) is 88.2 cm³/mol. The van der Waals surface area contributed by atoms with E-state index < -0.39 is 0 Å². The van der Waals surface area contributed by atoms with Crippen LogP contribution in [0.4, 0.5) is 11.5 Å². The Morgan fingerprint density at radius 3 is 2.74 bits per heavy atom. The first-order chi connectivity index (χ1) is 11.2. The number of hydrogen-bond donors (Lipinski definition) is 1. The number of benzene rings is 1. The Kier molecular flexibility index (Phi) is 4.41. The summed E-state index contributed by atoms with van der Waals surface area (Å²) >= 11 is 0. The number of carbonyl (C=O) groups is 1. The van der Waals surface area contributed by atoms with E-state index in [0.29, 0.717) is 17.3 Å². The van der Waals surface area contributed by atoms with Gasteiger partial charge in [-0.05, 0) is 31.9 Å². The summed E-state index contributed by atoms with van der Waals surface area (Å²) in [6.07, 6.45) is 2.12. The van der Waals surface area contributed by atoms with Crippen LogP contribution in [-0.2, 0) is 0 Å². The SMILES string of the molecule is COc1cccc(Nc2cc(C(=O)N3CCCC3)nc(C)n2)c1. The number of likely N-dealkylation sites (tertiary alicyclic amines) is 1. The highest BCUT2D eigenvalue weighted by atomic mass is 16.5. The third-order valence-corrected chi connectivity index (χ3v) is 3.79. The first-order valence-electron chi connectivity index (χ1n) is 7.72. The van der Waals surface area contributed by atoms with E-state index in [4.69, 9.17) is 4.74 Å². The van der Waals surface area contributed by atoms with Gasteiger partial charge in [0, 0.05) is 30.9 Å². The highest BCUT2D eigenvalue weighted by Gasteiger charge is 2.21. The van der Waals surface area contributed by atoms with Crippen LogP contribution in [0.2, 0.25) is 0 Å². The largest absolute Gasteiger partial charge is 0.497 e. The van der Waals surface area contributed by atoms with Gasteiger partial charge in [-0.3, -0.25) is 4.79 Å². The molecule has 2 aromatic rings. The third-order valence-electron chi connectivity index (χ3n) is 3.79. The van der Waals surface area contributed by atoms with Crippen molar-refractivity contribution in [3.05, 3.63) is 41.9 Å². The molecule has 3 rings (SSSR count). The second kappa shape index (κ2) is 6.64. The number of ether oxygens (including phenoxy) is 1. The zero-order valence-corrected chi connectivity index (χ0v) is 13.4. The van der Waals surface area contributed by atoms with Crippen LogP contribution >= 0.6 is 0 Å². The minimum absolute atomic E-state index is 0.0262. The molecule has 1 aromatic carbocycles. The zero-order chi connectivity index (χ0) is 16.2. The molecule has 0 spiro atoms. The minimum Gasteiger partial charge on any atom is -0.497 e. The van der Waals surface area contributed by atoms with Crippen molar-refractivity contribution in [2.45, 2.75) is 19.8 Å². The molecule has 1 fully saturated rings. The van der Waals surface area contributed by atoms with Crippen LogP contribution in [0, 0.1) is 6.92 Å². The number of carbonyl (C=O) groups excluding carboxylic acids is 1. The van der Waals surface area contributed by atoms with Crippen LogP contribution in [0.5, 0.6) is 5.75 Å². The topological polar surface area (TPSA) is 67.3 Å². The monoisotopic (exact) mass is 312 g/mol. The molecule has 1 N–H and O–H groups in total. The average molecular weight is 312 g/mol. The summed E-state index contributed by atoms with van der Waals surface area (Å²) in [5.74, 6) is 1.91. The van der Waals surface area contributed by atoms with Crippen LogP contribution in [-0.4, -0.2) is 41.0 Å². The van der Waals surface area contributed by atoms with Gasteiger partial charge in [-0.2, -0.15) is 0 Å². The molecule has 6 heteroatoms. The quantitative estimate of drug-likeness (QED) is 0.940. The molecule has 2 heterocycles. The molecular weight excluding hydrogens is 292 g/mol. The van der Waals surface area contributed by atoms with Crippen molar-refractivity contribution < 1.29 is 9.53 Å². The fraction of sp³-hybridized carbons (Fsp3) is 0.353. The summed E-state index contributed by atoms with van der Waals surface area (Å²) in [6, 6.07) is 9.26. The van der Waals surface area contributed by atoms with Crippen LogP contribution in [0.3, 0.4) is 0 Å². The lowest BCUT2D eigenvalue weighted by Gasteiger charge is -2.15. The Balaban J connectivity index is 1.83. The summed E-state index contributed by atoms with van der Waals surface area (Å²) < 4.78 is 5.21. The zero-order valence-electron chi connectivity index (χ0n) is 13.4. The highest BCUT2D eigenvalue weighted by Crippen LogP contribution is 2.21. The van der Waals surface area contributed by atoms with Crippen molar-refractivity contribution in [1.82, 2.24) is 14.9 Å². The van der Waals surface area contributed by atoms with Gasteiger partial charge < -0.3 is 15.0 Å². The maximum absolute atomic E-state index is 12.5. The van der Waals surface area contributed by atoms with Gasteiger partial charge in [-0.25, -0.2) is 9.97 Å². The molecule has 1 aliphatic rings. The second-order valence-corrected chi connectivity index (χ2v) is 5.54. The van der Waals surface area contributed by atoms with E-state index in [0.717, 1.165) is 37.4 Å². The van der Waals surface area contributed by atoms with Gasteiger partial charge in [0.1, 0.15) is 23.1 Å². The van der Waals surface area contributed by atoms with E-state index >= 15 is 0 Å². The van der Waals surface area contributed by atoms with Gasteiger partial charge in [0.2, 0.25) is 0 Å². The lowest BCUT2D eigenvalue weighted by atomic mass is 10.3. The summed E-state index contributed by atoms with van der Waals surface area (Å²) in [5, 5.41) is 3.20. The molecule has 6 nitrogen and oxygen atoms in total. The molecule has 0 aliphatic carbocycles. The Hall–Kier alpha value is -2.63. The number of anilines is 2. The second-order valence-electron chi connectivity index (χ2n) is 5.54.